The van der Waals surface area contributed by atoms with E-state index < -0.39 is 0 Å². The van der Waals surface area contributed by atoms with E-state index in [0.717, 1.165) is 14.8 Å². The highest BCUT2D eigenvalue weighted by Gasteiger charge is 2.11. The van der Waals surface area contributed by atoms with Crippen LogP contribution >= 0.6 is 34.8 Å². The molecule has 0 unspecified atom stereocenters. The van der Waals surface area contributed by atoms with Gasteiger partial charge in [0.2, 0.25) is 0 Å². The van der Waals surface area contributed by atoms with Crippen LogP contribution in [0.25, 0.3) is 0 Å². The van der Waals surface area contributed by atoms with Gasteiger partial charge in [-0.15, -0.1) is 0 Å². The van der Waals surface area contributed by atoms with Gasteiger partial charge in [-0.1, -0.05) is 32.0 Å². The van der Waals surface area contributed by atoms with Crippen LogP contribution in [0.4, 0.5) is 5.69 Å². The summed E-state index contributed by atoms with van der Waals surface area (Å²) in [4.78, 5) is 12.3. The van der Waals surface area contributed by atoms with Crippen molar-refractivity contribution >= 4 is 51.5 Å². The number of benzene rings is 2. The van der Waals surface area contributed by atoms with Gasteiger partial charge in [0.15, 0.2) is 5.11 Å². The van der Waals surface area contributed by atoms with E-state index in [1.165, 1.54) is 0 Å². The fourth-order valence-electron chi connectivity index (χ4n) is 2.02. The standard InChI is InChI=1S/C19H21IN2O2S/c1-12(2)11-24-17-7-5-4-6-16(17)21-19(25)22-18(23)14-9-8-13(3)15(20)10-14/h4-10,12H,11H2,1-3H3,(H2,21,22,23,25). The van der Waals surface area contributed by atoms with Crippen LogP contribution in [0, 0.1) is 16.4 Å². The number of hydrogen-bond donors (Lipinski definition) is 2. The molecule has 0 fully saturated rings. The van der Waals surface area contributed by atoms with Gasteiger partial charge in [-0.2, -0.15) is 0 Å². The Morgan fingerprint density at radius 1 is 1.24 bits per heavy atom. The Labute approximate surface area is 167 Å². The molecule has 132 valence electrons. The van der Waals surface area contributed by atoms with Gasteiger partial charge in [0.05, 0.1) is 12.3 Å². The number of carbonyl (C=O) groups is 1. The van der Waals surface area contributed by atoms with Crippen LogP contribution in [0.3, 0.4) is 0 Å². The second-order valence-corrected chi connectivity index (χ2v) is 7.64. The van der Waals surface area contributed by atoms with Crippen LogP contribution in [0.5, 0.6) is 5.75 Å². The second kappa shape index (κ2) is 9.15. The summed E-state index contributed by atoms with van der Waals surface area (Å²) in [6, 6.07) is 13.1. The van der Waals surface area contributed by atoms with E-state index >= 15 is 0 Å². The topological polar surface area (TPSA) is 50.4 Å². The maximum absolute atomic E-state index is 12.3. The number of aryl methyl sites for hydroxylation is 1. The average molecular weight is 468 g/mol. The van der Waals surface area contributed by atoms with Gasteiger partial charge in [0.25, 0.3) is 5.91 Å². The van der Waals surface area contributed by atoms with Crippen LogP contribution < -0.4 is 15.4 Å². The van der Waals surface area contributed by atoms with E-state index in [-0.39, 0.29) is 11.0 Å². The first-order valence-corrected chi connectivity index (χ1v) is 9.46. The SMILES string of the molecule is Cc1ccc(C(=O)NC(=S)Nc2ccccc2OCC(C)C)cc1I. The van der Waals surface area contributed by atoms with Gasteiger partial charge in [0, 0.05) is 9.13 Å². The second-order valence-electron chi connectivity index (χ2n) is 6.07. The highest BCUT2D eigenvalue weighted by molar-refractivity contribution is 14.1. The van der Waals surface area contributed by atoms with Crippen molar-refractivity contribution in [2.75, 3.05) is 11.9 Å². The lowest BCUT2D eigenvalue weighted by Gasteiger charge is -2.15. The summed E-state index contributed by atoms with van der Waals surface area (Å²) in [5, 5.41) is 5.98. The molecule has 1 amide bonds. The van der Waals surface area contributed by atoms with Crippen LogP contribution in [0.15, 0.2) is 42.5 Å². The fraction of sp³-hybridized carbons (Fsp3) is 0.263. The third-order valence-corrected chi connectivity index (χ3v) is 4.73. The molecule has 4 nitrogen and oxygen atoms in total. The number of thiocarbonyl (C=S) groups is 1. The number of amides is 1. The van der Waals surface area contributed by atoms with Crippen molar-refractivity contribution in [2.45, 2.75) is 20.8 Å². The Morgan fingerprint density at radius 2 is 1.96 bits per heavy atom. The largest absolute Gasteiger partial charge is 0.491 e. The van der Waals surface area contributed by atoms with Crippen LogP contribution in [-0.2, 0) is 0 Å². The molecular weight excluding hydrogens is 447 g/mol. The molecule has 0 radical (unpaired) electrons. The molecule has 0 heterocycles. The monoisotopic (exact) mass is 468 g/mol. The van der Waals surface area contributed by atoms with Gasteiger partial charge < -0.3 is 10.1 Å². The van der Waals surface area contributed by atoms with E-state index in [2.05, 4.69) is 47.1 Å². The Bertz CT molecular complexity index is 778. The molecule has 0 saturated carbocycles. The first-order valence-electron chi connectivity index (χ1n) is 7.97. The minimum atomic E-state index is -0.240. The van der Waals surface area contributed by atoms with E-state index in [1.54, 1.807) is 6.07 Å². The van der Waals surface area contributed by atoms with Gasteiger partial charge in [0.1, 0.15) is 5.75 Å². The molecule has 0 aromatic heterocycles. The molecule has 25 heavy (non-hydrogen) atoms. The molecule has 2 N–H and O–H groups in total. The first kappa shape index (κ1) is 19.7. The van der Waals surface area contributed by atoms with E-state index in [0.29, 0.717) is 23.8 Å². The summed E-state index contributed by atoms with van der Waals surface area (Å²) in [7, 11) is 0. The lowest BCUT2D eigenvalue weighted by molar-refractivity contribution is 0.0977. The van der Waals surface area contributed by atoms with Crippen LogP contribution in [-0.4, -0.2) is 17.6 Å². The minimum absolute atomic E-state index is 0.237. The Morgan fingerprint density at radius 3 is 2.64 bits per heavy atom. The molecule has 0 aliphatic rings. The van der Waals surface area contributed by atoms with E-state index in [4.69, 9.17) is 17.0 Å². The summed E-state index contributed by atoms with van der Waals surface area (Å²) >= 11 is 7.48. The van der Waals surface area contributed by atoms with E-state index in [1.807, 2.05) is 43.3 Å². The predicted octanol–water partition coefficient (Wildman–Crippen LogP) is 4.76. The number of anilines is 1. The Hall–Kier alpha value is -1.67. The Kier molecular flexibility index (Phi) is 7.19. The summed E-state index contributed by atoms with van der Waals surface area (Å²) in [5.74, 6) is 0.886. The maximum atomic E-state index is 12.3. The quantitative estimate of drug-likeness (QED) is 0.491. The smallest absolute Gasteiger partial charge is 0.257 e. The van der Waals surface area contributed by atoms with Gasteiger partial charge in [-0.05, 0) is 77.5 Å². The normalized spacial score (nSPS) is 10.4. The zero-order valence-corrected chi connectivity index (χ0v) is 17.4. The average Bonchev–Trinajstić information content (AvgIpc) is 2.56. The molecule has 0 atom stereocenters. The number of para-hydroxylation sites is 2. The van der Waals surface area contributed by atoms with Crippen molar-refractivity contribution in [3.8, 4) is 5.75 Å². The molecule has 0 spiro atoms. The number of rotatable bonds is 5. The van der Waals surface area contributed by atoms with Crippen molar-refractivity contribution in [2.24, 2.45) is 5.92 Å². The maximum Gasteiger partial charge on any atom is 0.257 e. The van der Waals surface area contributed by atoms with E-state index in [9.17, 15) is 4.79 Å². The zero-order chi connectivity index (χ0) is 18.4. The highest BCUT2D eigenvalue weighted by atomic mass is 127. The Balaban J connectivity index is 2.02. The number of hydrogen-bond acceptors (Lipinski definition) is 3. The number of halogens is 1. The van der Waals surface area contributed by atoms with Crippen molar-refractivity contribution in [3.63, 3.8) is 0 Å². The molecule has 2 aromatic rings. The molecule has 0 aliphatic carbocycles. The number of nitrogens with one attached hydrogen (secondary N) is 2. The summed E-state index contributed by atoms with van der Waals surface area (Å²) < 4.78 is 6.82. The van der Waals surface area contributed by atoms with Gasteiger partial charge in [-0.3, -0.25) is 10.1 Å². The predicted molar refractivity (Wildman–Crippen MR) is 114 cm³/mol. The summed E-state index contributed by atoms with van der Waals surface area (Å²) in [6.45, 7) is 6.79. The number of carbonyl (C=O) groups excluding carboxylic acids is 1. The van der Waals surface area contributed by atoms with Crippen LogP contribution in [0.2, 0.25) is 0 Å². The third kappa shape index (κ3) is 5.97. The van der Waals surface area contributed by atoms with Crippen molar-refractivity contribution in [1.82, 2.24) is 5.32 Å². The number of ether oxygens (including phenoxy) is 1. The first-order chi connectivity index (χ1) is 11.9. The van der Waals surface area contributed by atoms with Crippen molar-refractivity contribution < 1.29 is 9.53 Å². The van der Waals surface area contributed by atoms with Crippen LogP contribution in [0.1, 0.15) is 29.8 Å². The van der Waals surface area contributed by atoms with Crippen molar-refractivity contribution in [1.29, 1.82) is 0 Å². The zero-order valence-electron chi connectivity index (χ0n) is 14.4. The molecular formula is C19H21IN2O2S. The molecule has 2 aromatic carbocycles. The highest BCUT2D eigenvalue weighted by Crippen LogP contribution is 2.24. The molecule has 0 bridgehead atoms. The van der Waals surface area contributed by atoms with Gasteiger partial charge in [-0.25, -0.2) is 0 Å². The molecule has 0 aliphatic heterocycles. The van der Waals surface area contributed by atoms with Gasteiger partial charge >= 0.3 is 0 Å². The third-order valence-electron chi connectivity index (χ3n) is 3.37. The molecule has 6 heteroatoms. The molecule has 0 saturated heterocycles. The lowest BCUT2D eigenvalue weighted by atomic mass is 10.1. The minimum Gasteiger partial charge on any atom is -0.491 e. The lowest BCUT2D eigenvalue weighted by Crippen LogP contribution is -2.34. The fourth-order valence-corrected chi connectivity index (χ4v) is 2.73. The summed E-state index contributed by atoms with van der Waals surface area (Å²) in [5.41, 5.74) is 2.43. The van der Waals surface area contributed by atoms with Crippen molar-refractivity contribution in [3.05, 3.63) is 57.2 Å². The molecule has 2 rings (SSSR count). The summed E-state index contributed by atoms with van der Waals surface area (Å²) in [6.07, 6.45) is 0.